The van der Waals surface area contributed by atoms with Crippen LogP contribution in [0.4, 0.5) is 10.1 Å². The number of rotatable bonds is 7. The first kappa shape index (κ1) is 24.4. The number of anilines is 1. The van der Waals surface area contributed by atoms with Crippen LogP contribution >= 0.6 is 11.6 Å². The molecule has 174 valence electrons. The molecule has 4 N–H and O–H groups in total. The summed E-state index contributed by atoms with van der Waals surface area (Å²) in [7, 11) is 0. The lowest BCUT2D eigenvalue weighted by Crippen LogP contribution is -2.33. The SMILES string of the molecule is C/C(=N\NC(=O)C(=O)Nc1ccc(C(N)=O)cc1)c1ccc(OCc2c(F)cccc2Cl)cc1. The van der Waals surface area contributed by atoms with Crippen molar-refractivity contribution in [1.82, 2.24) is 5.43 Å². The van der Waals surface area contributed by atoms with Gasteiger partial charge in [-0.25, -0.2) is 9.82 Å². The number of carbonyl (C=O) groups is 3. The van der Waals surface area contributed by atoms with Crippen molar-refractivity contribution in [2.24, 2.45) is 10.8 Å². The lowest BCUT2D eigenvalue weighted by Gasteiger charge is -2.09. The molecule has 8 nitrogen and oxygen atoms in total. The number of ether oxygens (including phenoxy) is 1. The predicted molar refractivity (Wildman–Crippen MR) is 126 cm³/mol. The molecule has 0 radical (unpaired) electrons. The number of carbonyl (C=O) groups excluding carboxylic acids is 3. The number of hydrogen-bond donors (Lipinski definition) is 3. The molecule has 0 saturated heterocycles. The molecule has 0 aliphatic carbocycles. The summed E-state index contributed by atoms with van der Waals surface area (Å²) >= 11 is 5.99. The molecule has 0 bridgehead atoms. The van der Waals surface area contributed by atoms with E-state index in [0.717, 1.165) is 0 Å². The van der Waals surface area contributed by atoms with Crippen molar-refractivity contribution >= 4 is 40.7 Å². The fraction of sp³-hybridized carbons (Fsp3) is 0.0833. The largest absolute Gasteiger partial charge is 0.489 e. The monoisotopic (exact) mass is 482 g/mol. The molecule has 3 aromatic carbocycles. The van der Waals surface area contributed by atoms with Gasteiger partial charge in [0.05, 0.1) is 10.7 Å². The third kappa shape index (κ3) is 6.39. The van der Waals surface area contributed by atoms with Gasteiger partial charge in [0, 0.05) is 16.8 Å². The molecule has 34 heavy (non-hydrogen) atoms. The molecule has 0 fully saturated rings. The number of hydrazone groups is 1. The maximum atomic E-state index is 13.8. The third-order valence-electron chi connectivity index (χ3n) is 4.68. The number of amides is 3. The van der Waals surface area contributed by atoms with Gasteiger partial charge in [-0.1, -0.05) is 17.7 Å². The van der Waals surface area contributed by atoms with Crippen LogP contribution in [0.1, 0.15) is 28.4 Å². The summed E-state index contributed by atoms with van der Waals surface area (Å²) in [4.78, 5) is 35.1. The van der Waals surface area contributed by atoms with Crippen molar-refractivity contribution < 1.29 is 23.5 Å². The molecule has 0 aliphatic heterocycles. The van der Waals surface area contributed by atoms with Crippen molar-refractivity contribution in [1.29, 1.82) is 0 Å². The normalized spacial score (nSPS) is 11.0. The molecule has 0 spiro atoms. The van der Waals surface area contributed by atoms with Gasteiger partial charge in [-0.15, -0.1) is 0 Å². The van der Waals surface area contributed by atoms with Crippen LogP contribution in [-0.4, -0.2) is 23.4 Å². The van der Waals surface area contributed by atoms with E-state index in [9.17, 15) is 18.8 Å². The average molecular weight is 483 g/mol. The molecule has 0 saturated carbocycles. The van der Waals surface area contributed by atoms with Gasteiger partial charge < -0.3 is 15.8 Å². The summed E-state index contributed by atoms with van der Waals surface area (Å²) < 4.78 is 19.4. The van der Waals surface area contributed by atoms with Gasteiger partial charge in [-0.3, -0.25) is 14.4 Å². The predicted octanol–water partition coefficient (Wildman–Crippen LogP) is 3.64. The first-order valence-corrected chi connectivity index (χ1v) is 10.3. The number of primary amides is 1. The standard InChI is InChI=1S/C24H20ClFN4O4/c1-14(29-30-24(33)23(32)28-17-9-5-16(6-10-17)22(27)31)15-7-11-18(12-8-15)34-13-19-20(25)3-2-4-21(19)26/h2-12H,13H2,1H3,(H2,27,31)(H,28,32)(H,30,33)/b29-14+. The fourth-order valence-electron chi connectivity index (χ4n) is 2.77. The van der Waals surface area contributed by atoms with Gasteiger partial charge >= 0.3 is 11.8 Å². The van der Waals surface area contributed by atoms with Crippen LogP contribution in [0.5, 0.6) is 5.75 Å². The third-order valence-corrected chi connectivity index (χ3v) is 5.03. The van der Waals surface area contributed by atoms with E-state index in [2.05, 4.69) is 15.8 Å². The zero-order valence-corrected chi connectivity index (χ0v) is 18.7. The topological polar surface area (TPSA) is 123 Å². The lowest BCUT2D eigenvalue weighted by atomic mass is 10.1. The number of hydrogen-bond acceptors (Lipinski definition) is 5. The Balaban J connectivity index is 1.54. The molecule has 0 atom stereocenters. The van der Waals surface area contributed by atoms with Gasteiger partial charge in [0.1, 0.15) is 18.2 Å². The Labute approximate surface area is 199 Å². The average Bonchev–Trinajstić information content (AvgIpc) is 2.82. The van der Waals surface area contributed by atoms with Crippen LogP contribution in [0.25, 0.3) is 0 Å². The minimum atomic E-state index is -0.972. The molecule has 3 rings (SSSR count). The molecule has 10 heteroatoms. The highest BCUT2D eigenvalue weighted by molar-refractivity contribution is 6.39. The Morgan fingerprint density at radius 1 is 0.971 bits per heavy atom. The quantitative estimate of drug-likeness (QED) is 0.270. The molecule has 3 aromatic rings. The Bertz CT molecular complexity index is 1220. The zero-order valence-electron chi connectivity index (χ0n) is 18.0. The first-order chi connectivity index (χ1) is 16.2. The second kappa shape index (κ2) is 11.1. The smallest absolute Gasteiger partial charge is 0.329 e. The Morgan fingerprint density at radius 3 is 2.24 bits per heavy atom. The van der Waals surface area contributed by atoms with Crippen LogP contribution in [0.3, 0.4) is 0 Å². The summed E-state index contributed by atoms with van der Waals surface area (Å²) in [5.74, 6) is -2.47. The van der Waals surface area contributed by atoms with Crippen LogP contribution in [-0.2, 0) is 16.2 Å². The van der Waals surface area contributed by atoms with E-state index in [1.807, 2.05) is 0 Å². The number of nitrogens with two attached hydrogens (primary N) is 1. The summed E-state index contributed by atoms with van der Waals surface area (Å²) in [6, 6.07) is 16.9. The number of halogens is 2. The Morgan fingerprint density at radius 2 is 1.62 bits per heavy atom. The maximum absolute atomic E-state index is 13.8. The zero-order chi connectivity index (χ0) is 24.7. The van der Waals surface area contributed by atoms with Crippen LogP contribution in [0, 0.1) is 5.82 Å². The Hall–Kier alpha value is -4.24. The van der Waals surface area contributed by atoms with Crippen molar-refractivity contribution in [3.05, 3.63) is 94.3 Å². The van der Waals surface area contributed by atoms with Gasteiger partial charge in [0.2, 0.25) is 5.91 Å². The summed E-state index contributed by atoms with van der Waals surface area (Å²) in [6.07, 6.45) is 0. The molecule has 3 amide bonds. The second-order valence-corrected chi connectivity index (χ2v) is 7.45. The Kier molecular flexibility index (Phi) is 7.94. The molecule has 0 aromatic heterocycles. The number of benzene rings is 3. The van der Waals surface area contributed by atoms with Crippen molar-refractivity contribution in [3.8, 4) is 5.75 Å². The number of nitrogens with zero attached hydrogens (tertiary/aromatic N) is 1. The fourth-order valence-corrected chi connectivity index (χ4v) is 2.99. The highest BCUT2D eigenvalue weighted by Crippen LogP contribution is 2.22. The van der Waals surface area contributed by atoms with Gasteiger partial charge in [-0.2, -0.15) is 5.10 Å². The van der Waals surface area contributed by atoms with Crippen LogP contribution < -0.4 is 21.2 Å². The van der Waals surface area contributed by atoms with E-state index in [0.29, 0.717) is 22.7 Å². The maximum Gasteiger partial charge on any atom is 0.329 e. The van der Waals surface area contributed by atoms with Crippen molar-refractivity contribution in [3.63, 3.8) is 0 Å². The van der Waals surface area contributed by atoms with Crippen LogP contribution in [0.2, 0.25) is 5.02 Å². The van der Waals surface area contributed by atoms with Gasteiger partial charge in [0.25, 0.3) is 0 Å². The highest BCUT2D eigenvalue weighted by Gasteiger charge is 2.14. The van der Waals surface area contributed by atoms with E-state index in [1.54, 1.807) is 37.3 Å². The van der Waals surface area contributed by atoms with E-state index in [1.165, 1.54) is 36.4 Å². The van der Waals surface area contributed by atoms with Gasteiger partial charge in [-0.05, 0) is 73.2 Å². The minimum absolute atomic E-state index is 0.0334. The minimum Gasteiger partial charge on any atom is -0.489 e. The highest BCUT2D eigenvalue weighted by atomic mass is 35.5. The van der Waals surface area contributed by atoms with E-state index >= 15 is 0 Å². The number of nitrogens with one attached hydrogen (secondary N) is 2. The van der Waals surface area contributed by atoms with E-state index in [-0.39, 0.29) is 22.8 Å². The molecule has 0 aliphatic rings. The molecular weight excluding hydrogens is 463 g/mol. The molecular formula is C24H20ClFN4O4. The summed E-state index contributed by atoms with van der Waals surface area (Å²) in [6.45, 7) is 1.62. The van der Waals surface area contributed by atoms with Crippen molar-refractivity contribution in [2.75, 3.05) is 5.32 Å². The molecule has 0 unspecified atom stereocenters. The first-order valence-electron chi connectivity index (χ1n) is 9.96. The van der Waals surface area contributed by atoms with Crippen LogP contribution in [0.15, 0.2) is 71.8 Å². The van der Waals surface area contributed by atoms with Gasteiger partial charge in [0.15, 0.2) is 0 Å². The lowest BCUT2D eigenvalue weighted by molar-refractivity contribution is -0.136. The second-order valence-electron chi connectivity index (χ2n) is 7.05. The van der Waals surface area contributed by atoms with E-state index < -0.39 is 23.5 Å². The molecule has 0 heterocycles. The van der Waals surface area contributed by atoms with Crippen molar-refractivity contribution in [2.45, 2.75) is 13.5 Å². The summed E-state index contributed by atoms with van der Waals surface area (Å²) in [5, 5.41) is 6.60. The van der Waals surface area contributed by atoms with E-state index in [4.69, 9.17) is 22.1 Å². The summed E-state index contributed by atoms with van der Waals surface area (Å²) in [5.41, 5.74) is 9.29.